The highest BCUT2D eigenvalue weighted by atomic mass is 35.5. The molecule has 2 rings (SSSR count). The van der Waals surface area contributed by atoms with Gasteiger partial charge in [0.05, 0.1) is 40.3 Å². The maximum absolute atomic E-state index is 13.3. The molecule has 7 nitrogen and oxygen atoms in total. The highest BCUT2D eigenvalue weighted by Crippen LogP contribution is 2.37. The average molecular weight is 555 g/mol. The number of methoxy groups -OCH3 is 1. The molecule has 0 aromatic heterocycles. The molecule has 0 amide bonds. The van der Waals surface area contributed by atoms with E-state index in [2.05, 4.69) is 21.3 Å². The lowest BCUT2D eigenvalue weighted by Crippen LogP contribution is -2.37. The summed E-state index contributed by atoms with van der Waals surface area (Å²) in [5.74, 6) is -0.648. The zero-order valence-electron chi connectivity index (χ0n) is 17.5. The van der Waals surface area contributed by atoms with Gasteiger partial charge in [-0.2, -0.15) is 13.2 Å². The predicted octanol–water partition coefficient (Wildman–Crippen LogP) is 5.28. The summed E-state index contributed by atoms with van der Waals surface area (Å²) >= 11 is 22.3. The summed E-state index contributed by atoms with van der Waals surface area (Å²) in [6, 6.07) is 6.07. The standard InChI is InChI=1S/C20H19Cl2F3N4O3S2/c1-32-17(31)11-4-5-13(22)16(15(11)26-7-2-8-30)28-19(34)29-18(33)27-14-6-3-10(21)9-12(14)20(23,24)25/h3-6,9,26,30H,2,7-8H2,1H3,(H3,27,28,29,33,34). The minimum Gasteiger partial charge on any atom is -0.465 e. The van der Waals surface area contributed by atoms with E-state index in [-0.39, 0.29) is 49.5 Å². The third-order valence-electron chi connectivity index (χ3n) is 4.20. The molecule has 0 spiro atoms. The molecule has 34 heavy (non-hydrogen) atoms. The van der Waals surface area contributed by atoms with E-state index in [0.717, 1.165) is 12.1 Å². The Morgan fingerprint density at radius 2 is 1.76 bits per heavy atom. The van der Waals surface area contributed by atoms with Crippen LogP contribution in [0.2, 0.25) is 10.0 Å². The molecule has 0 heterocycles. The molecule has 5 N–H and O–H groups in total. The molecule has 0 bridgehead atoms. The van der Waals surface area contributed by atoms with Gasteiger partial charge in [0, 0.05) is 18.2 Å². The lowest BCUT2D eigenvalue weighted by molar-refractivity contribution is -0.136. The number of anilines is 3. The van der Waals surface area contributed by atoms with Gasteiger partial charge in [-0.1, -0.05) is 23.2 Å². The van der Waals surface area contributed by atoms with Gasteiger partial charge in [0.1, 0.15) is 0 Å². The average Bonchev–Trinajstić information content (AvgIpc) is 2.76. The van der Waals surface area contributed by atoms with Crippen LogP contribution in [0.4, 0.5) is 30.2 Å². The van der Waals surface area contributed by atoms with Gasteiger partial charge in [0.25, 0.3) is 0 Å². The number of aliphatic hydroxyl groups is 1. The van der Waals surface area contributed by atoms with Gasteiger partial charge in [-0.15, -0.1) is 0 Å². The molecule has 0 atom stereocenters. The number of alkyl halides is 3. The van der Waals surface area contributed by atoms with Crippen molar-refractivity contribution in [1.29, 1.82) is 0 Å². The molecular weight excluding hydrogens is 536 g/mol. The molecule has 0 aliphatic heterocycles. The maximum Gasteiger partial charge on any atom is 0.418 e. The van der Waals surface area contributed by atoms with Crippen molar-refractivity contribution >= 4 is 80.9 Å². The normalized spacial score (nSPS) is 10.9. The van der Waals surface area contributed by atoms with Gasteiger partial charge in [0.2, 0.25) is 0 Å². The number of thiocarbonyl (C=S) groups is 2. The molecule has 2 aromatic rings. The molecule has 184 valence electrons. The molecule has 0 aliphatic rings. The van der Waals surface area contributed by atoms with Crippen LogP contribution < -0.4 is 21.3 Å². The van der Waals surface area contributed by atoms with Gasteiger partial charge in [-0.3, -0.25) is 0 Å². The number of ether oxygens (including phenoxy) is 1. The van der Waals surface area contributed by atoms with Crippen LogP contribution in [-0.2, 0) is 10.9 Å². The molecule has 0 saturated heterocycles. The number of rotatable bonds is 7. The lowest BCUT2D eigenvalue weighted by atomic mass is 10.1. The van der Waals surface area contributed by atoms with E-state index in [1.165, 1.54) is 25.3 Å². The van der Waals surface area contributed by atoms with E-state index in [0.29, 0.717) is 13.0 Å². The molecular formula is C20H19Cl2F3N4O3S2. The Morgan fingerprint density at radius 3 is 2.38 bits per heavy atom. The number of aliphatic hydroxyl groups excluding tert-OH is 1. The number of carbonyl (C=O) groups is 1. The van der Waals surface area contributed by atoms with Crippen LogP contribution in [0, 0.1) is 0 Å². The van der Waals surface area contributed by atoms with Crippen LogP contribution in [0.3, 0.4) is 0 Å². The number of benzene rings is 2. The Morgan fingerprint density at radius 1 is 1.09 bits per heavy atom. The third-order valence-corrected chi connectivity index (χ3v) is 5.16. The lowest BCUT2D eigenvalue weighted by Gasteiger charge is -2.20. The first-order valence-corrected chi connectivity index (χ1v) is 11.1. The zero-order valence-corrected chi connectivity index (χ0v) is 20.6. The Bertz CT molecular complexity index is 1090. The maximum atomic E-state index is 13.3. The summed E-state index contributed by atoms with van der Waals surface area (Å²) < 4.78 is 44.7. The van der Waals surface area contributed by atoms with E-state index in [9.17, 15) is 18.0 Å². The van der Waals surface area contributed by atoms with Crippen LogP contribution in [0.5, 0.6) is 0 Å². The number of halogens is 5. The SMILES string of the molecule is COC(=O)c1ccc(Cl)c(NC(=S)NC(=S)Nc2ccc(Cl)cc2C(F)(F)F)c1NCCCO. The van der Waals surface area contributed by atoms with Crippen molar-refractivity contribution in [2.24, 2.45) is 0 Å². The highest BCUT2D eigenvalue weighted by Gasteiger charge is 2.34. The number of hydrogen-bond donors (Lipinski definition) is 5. The first kappa shape index (κ1) is 27.9. The Balaban J connectivity index is 2.23. The van der Waals surface area contributed by atoms with Gasteiger partial charge < -0.3 is 31.1 Å². The van der Waals surface area contributed by atoms with Crippen molar-refractivity contribution < 1.29 is 27.8 Å². The zero-order chi connectivity index (χ0) is 25.5. The van der Waals surface area contributed by atoms with E-state index < -0.39 is 17.7 Å². The first-order chi connectivity index (χ1) is 16.0. The predicted molar refractivity (Wildman–Crippen MR) is 135 cm³/mol. The molecule has 14 heteroatoms. The smallest absolute Gasteiger partial charge is 0.418 e. The van der Waals surface area contributed by atoms with Gasteiger partial charge in [-0.25, -0.2) is 4.79 Å². The summed E-state index contributed by atoms with van der Waals surface area (Å²) in [5.41, 5.74) is -0.730. The van der Waals surface area contributed by atoms with E-state index in [4.69, 9.17) is 57.5 Å². The van der Waals surface area contributed by atoms with E-state index in [1.807, 2.05) is 0 Å². The van der Waals surface area contributed by atoms with Crippen LogP contribution in [-0.4, -0.2) is 41.6 Å². The molecule has 0 fully saturated rings. The fourth-order valence-corrected chi connectivity index (χ4v) is 3.57. The summed E-state index contributed by atoms with van der Waals surface area (Å²) in [6.45, 7) is 0.209. The second-order valence-electron chi connectivity index (χ2n) is 6.56. The number of carbonyl (C=O) groups excluding carboxylic acids is 1. The number of esters is 1. The quantitative estimate of drug-likeness (QED) is 0.178. The van der Waals surface area contributed by atoms with E-state index >= 15 is 0 Å². The Labute approximate surface area is 213 Å². The van der Waals surface area contributed by atoms with Crippen molar-refractivity contribution in [2.75, 3.05) is 36.2 Å². The third kappa shape index (κ3) is 7.57. The van der Waals surface area contributed by atoms with Gasteiger partial charge in [-0.05, 0) is 61.2 Å². The molecule has 0 aliphatic carbocycles. The highest BCUT2D eigenvalue weighted by molar-refractivity contribution is 7.82. The largest absolute Gasteiger partial charge is 0.465 e. The summed E-state index contributed by atoms with van der Waals surface area (Å²) in [4.78, 5) is 12.2. The molecule has 0 radical (unpaired) electrons. The van der Waals surface area contributed by atoms with Crippen molar-refractivity contribution in [3.8, 4) is 0 Å². The van der Waals surface area contributed by atoms with Crippen LogP contribution in [0.1, 0.15) is 22.3 Å². The minimum absolute atomic E-state index is 0.0877. The second-order valence-corrected chi connectivity index (χ2v) is 8.22. The second kappa shape index (κ2) is 12.4. The van der Waals surface area contributed by atoms with Gasteiger partial charge in [0.15, 0.2) is 10.2 Å². The Hall–Kier alpha value is -2.38. The van der Waals surface area contributed by atoms with E-state index in [1.54, 1.807) is 0 Å². The summed E-state index contributed by atoms with van der Waals surface area (Å²) in [6.07, 6.45) is -4.29. The number of hydrogen-bond acceptors (Lipinski definition) is 6. The van der Waals surface area contributed by atoms with Crippen LogP contribution in [0.15, 0.2) is 30.3 Å². The minimum atomic E-state index is -4.67. The first-order valence-electron chi connectivity index (χ1n) is 9.49. The van der Waals surface area contributed by atoms with Crippen LogP contribution in [0.25, 0.3) is 0 Å². The monoisotopic (exact) mass is 554 g/mol. The summed E-state index contributed by atoms with van der Waals surface area (Å²) in [7, 11) is 1.21. The Kier molecular flexibility index (Phi) is 10.1. The van der Waals surface area contributed by atoms with Crippen molar-refractivity contribution in [1.82, 2.24) is 5.32 Å². The van der Waals surface area contributed by atoms with Crippen molar-refractivity contribution in [3.63, 3.8) is 0 Å². The fourth-order valence-electron chi connectivity index (χ4n) is 2.72. The fraction of sp³-hybridized carbons (Fsp3) is 0.250. The van der Waals surface area contributed by atoms with Gasteiger partial charge >= 0.3 is 12.1 Å². The van der Waals surface area contributed by atoms with Crippen LogP contribution >= 0.6 is 47.6 Å². The number of nitrogens with one attached hydrogen (secondary N) is 4. The topological polar surface area (TPSA) is 94.7 Å². The molecule has 0 unspecified atom stereocenters. The summed E-state index contributed by atoms with van der Waals surface area (Å²) in [5, 5.41) is 19.5. The molecule has 0 saturated carbocycles. The van der Waals surface area contributed by atoms with Crippen molar-refractivity contribution in [2.45, 2.75) is 12.6 Å². The van der Waals surface area contributed by atoms with Crippen molar-refractivity contribution in [3.05, 3.63) is 51.5 Å². The molecule has 2 aromatic carbocycles.